The van der Waals surface area contributed by atoms with Crippen LogP contribution in [0.15, 0.2) is 66.2 Å². The Labute approximate surface area is 222 Å². The van der Waals surface area contributed by atoms with Crippen molar-refractivity contribution in [2.24, 2.45) is 7.05 Å². The molecule has 10 heteroatoms. The molecule has 9 nitrogen and oxygen atoms in total. The summed E-state index contributed by atoms with van der Waals surface area (Å²) < 4.78 is 8.41. The molecule has 5 aromatic rings. The van der Waals surface area contributed by atoms with Gasteiger partial charge in [0.2, 0.25) is 0 Å². The normalized spacial score (nSPS) is 11.3. The van der Waals surface area contributed by atoms with Crippen LogP contribution in [0.3, 0.4) is 0 Å². The number of hydrogen-bond donors (Lipinski definition) is 3. The number of carbonyl (C=O) groups excluding carboxylic acids is 2. The maximum absolute atomic E-state index is 13.1. The number of para-hydroxylation sites is 1. The highest BCUT2D eigenvalue weighted by atomic mass is 32.1. The van der Waals surface area contributed by atoms with E-state index in [-0.39, 0.29) is 12.5 Å². The lowest BCUT2D eigenvalue weighted by Gasteiger charge is -2.13. The molecule has 0 aliphatic carbocycles. The number of rotatable bonds is 7. The summed E-state index contributed by atoms with van der Waals surface area (Å²) in [6.45, 7) is 0.121. The van der Waals surface area contributed by atoms with E-state index >= 15 is 0 Å². The fourth-order valence-corrected chi connectivity index (χ4v) is 5.48. The van der Waals surface area contributed by atoms with Crippen LogP contribution < -0.4 is 26.2 Å². The molecule has 38 heavy (non-hydrogen) atoms. The van der Waals surface area contributed by atoms with Crippen molar-refractivity contribution in [1.82, 2.24) is 14.9 Å². The van der Waals surface area contributed by atoms with Gasteiger partial charge in [0.1, 0.15) is 23.4 Å². The van der Waals surface area contributed by atoms with Gasteiger partial charge in [-0.2, -0.15) is 0 Å². The number of nitrogen functional groups attached to an aromatic ring is 1. The highest BCUT2D eigenvalue weighted by Crippen LogP contribution is 2.41. The van der Waals surface area contributed by atoms with Crippen LogP contribution in [0.5, 0.6) is 5.75 Å². The van der Waals surface area contributed by atoms with Crippen molar-refractivity contribution >= 4 is 61.9 Å². The molecule has 0 radical (unpaired) electrons. The predicted octanol–water partition coefficient (Wildman–Crippen LogP) is 4.24. The Balaban J connectivity index is 1.45. The van der Waals surface area contributed by atoms with E-state index in [9.17, 15) is 14.7 Å². The van der Waals surface area contributed by atoms with Gasteiger partial charge >= 0.3 is 0 Å². The molecule has 3 heterocycles. The molecule has 0 atom stereocenters. The van der Waals surface area contributed by atoms with Crippen LogP contribution >= 0.6 is 11.3 Å². The number of pyridine rings is 1. The largest absolute Gasteiger partial charge is 0.530 e. The predicted molar refractivity (Wildman–Crippen MR) is 149 cm³/mol. The summed E-state index contributed by atoms with van der Waals surface area (Å²) in [4.78, 5) is 28.0. The van der Waals surface area contributed by atoms with Gasteiger partial charge < -0.3 is 35.6 Å². The number of hydrogen-bond acceptors (Lipinski definition) is 7. The van der Waals surface area contributed by atoms with Gasteiger partial charge in [-0.3, -0.25) is 4.79 Å². The van der Waals surface area contributed by atoms with Crippen molar-refractivity contribution < 1.29 is 19.4 Å². The van der Waals surface area contributed by atoms with Crippen LogP contribution in [0.2, 0.25) is 0 Å². The highest BCUT2D eigenvalue weighted by molar-refractivity contribution is 7.18. The van der Waals surface area contributed by atoms with Crippen LogP contribution in [0.4, 0.5) is 16.3 Å². The van der Waals surface area contributed by atoms with E-state index in [1.807, 2.05) is 59.5 Å². The topological polar surface area (TPSA) is 134 Å². The first-order valence-electron chi connectivity index (χ1n) is 11.7. The number of nitrogens with zero attached hydrogens (tertiary/aromatic N) is 2. The van der Waals surface area contributed by atoms with E-state index in [1.54, 1.807) is 31.5 Å². The molecule has 4 N–H and O–H groups in total. The molecule has 0 aliphatic rings. The molecule has 0 fully saturated rings. The summed E-state index contributed by atoms with van der Waals surface area (Å²) in [6, 6.07) is 15.2. The molecule has 0 unspecified atom stereocenters. The van der Waals surface area contributed by atoms with E-state index in [0.717, 1.165) is 37.7 Å². The third kappa shape index (κ3) is 4.64. The monoisotopic (exact) mass is 526 g/mol. The first kappa shape index (κ1) is 24.8. The minimum absolute atomic E-state index is 0.121. The SMILES string of the molecule is COc1cc(-c2csc3c(/C=C/CNC(=O)[O-])cnc(N)c23)ccc1NC(=O)c1cc2ccccc2n1C. The number of aryl methyl sites for hydroxylation is 1. The third-order valence-corrected chi connectivity index (χ3v) is 7.29. The van der Waals surface area contributed by atoms with Gasteiger partial charge in [-0.05, 0) is 35.2 Å². The van der Waals surface area contributed by atoms with E-state index in [2.05, 4.69) is 15.6 Å². The Morgan fingerprint density at radius 3 is 2.79 bits per heavy atom. The summed E-state index contributed by atoms with van der Waals surface area (Å²) in [5.74, 6) is 0.645. The van der Waals surface area contributed by atoms with Crippen LogP contribution in [-0.2, 0) is 7.05 Å². The third-order valence-electron chi connectivity index (χ3n) is 6.26. The molecule has 2 amide bonds. The van der Waals surface area contributed by atoms with Gasteiger partial charge in [-0.15, -0.1) is 11.3 Å². The second kappa shape index (κ2) is 10.3. The summed E-state index contributed by atoms with van der Waals surface area (Å²) in [5.41, 5.74) is 10.9. The van der Waals surface area contributed by atoms with Crippen LogP contribution in [0.25, 0.3) is 38.2 Å². The van der Waals surface area contributed by atoms with Crippen molar-refractivity contribution in [3.63, 3.8) is 0 Å². The van der Waals surface area contributed by atoms with E-state index < -0.39 is 6.09 Å². The Morgan fingerprint density at radius 2 is 2.03 bits per heavy atom. The van der Waals surface area contributed by atoms with Gasteiger partial charge in [0, 0.05) is 51.9 Å². The molecule has 192 valence electrons. The number of benzene rings is 2. The standard InChI is InChI=1S/C28H25N5O4S/c1-33-21-8-4-3-6-17(21)12-22(33)27(34)32-20-10-9-16(13-23(20)37-2)19-15-38-25-18(7-5-11-30-28(35)36)14-31-26(29)24(19)25/h3-10,12-15,30H,11H2,1-2H3,(H2,29,31)(H,32,34)(H,35,36)/p-1/b7-5+. The lowest BCUT2D eigenvalue weighted by Crippen LogP contribution is -2.36. The van der Waals surface area contributed by atoms with Crippen LogP contribution in [0, 0.1) is 0 Å². The number of carboxylic acid groups (broad SMARTS) is 1. The molecule has 5 rings (SSSR count). The van der Waals surface area contributed by atoms with Gasteiger partial charge in [0.15, 0.2) is 0 Å². The number of ether oxygens (including phenoxy) is 1. The maximum atomic E-state index is 13.1. The highest BCUT2D eigenvalue weighted by Gasteiger charge is 2.18. The van der Waals surface area contributed by atoms with Crippen molar-refractivity contribution in [1.29, 1.82) is 0 Å². The zero-order valence-electron chi connectivity index (χ0n) is 20.6. The lowest BCUT2D eigenvalue weighted by atomic mass is 10.0. The number of carbonyl (C=O) groups is 2. The molecule has 2 aromatic carbocycles. The summed E-state index contributed by atoms with van der Waals surface area (Å²) in [6.07, 6.45) is 3.79. The van der Waals surface area contributed by atoms with E-state index in [1.165, 1.54) is 11.3 Å². The van der Waals surface area contributed by atoms with Crippen molar-refractivity contribution in [3.05, 3.63) is 77.4 Å². The zero-order valence-corrected chi connectivity index (χ0v) is 21.5. The Morgan fingerprint density at radius 1 is 1.21 bits per heavy atom. The summed E-state index contributed by atoms with van der Waals surface area (Å²) in [5, 5.41) is 19.5. The average molecular weight is 527 g/mol. The smallest absolute Gasteiger partial charge is 0.272 e. The molecule has 0 saturated heterocycles. The zero-order chi connectivity index (χ0) is 26.8. The molecular formula is C28H24N5O4S-. The molecular weight excluding hydrogens is 502 g/mol. The van der Waals surface area contributed by atoms with E-state index in [4.69, 9.17) is 10.5 Å². The van der Waals surface area contributed by atoms with Crippen molar-refractivity contribution in [3.8, 4) is 16.9 Å². The second-order valence-corrected chi connectivity index (χ2v) is 9.42. The minimum Gasteiger partial charge on any atom is -0.530 e. The van der Waals surface area contributed by atoms with Gasteiger partial charge in [-0.25, -0.2) is 4.98 Å². The Kier molecular flexibility index (Phi) is 6.71. The van der Waals surface area contributed by atoms with Crippen LogP contribution in [0.1, 0.15) is 16.1 Å². The second-order valence-electron chi connectivity index (χ2n) is 8.54. The molecule has 0 spiro atoms. The number of aromatic nitrogens is 2. The van der Waals surface area contributed by atoms with Gasteiger partial charge in [0.25, 0.3) is 5.91 Å². The molecule has 3 aromatic heterocycles. The molecule has 0 saturated carbocycles. The quantitative estimate of drug-likeness (QED) is 0.290. The number of nitrogens with one attached hydrogen (secondary N) is 2. The Bertz CT molecular complexity index is 1720. The summed E-state index contributed by atoms with van der Waals surface area (Å²) in [7, 11) is 3.41. The fraction of sp³-hybridized carbons (Fsp3) is 0.107. The summed E-state index contributed by atoms with van der Waals surface area (Å²) >= 11 is 1.51. The van der Waals surface area contributed by atoms with Crippen molar-refractivity contribution in [2.75, 3.05) is 24.7 Å². The minimum atomic E-state index is -1.33. The van der Waals surface area contributed by atoms with Gasteiger partial charge in [0.05, 0.1) is 12.8 Å². The Hall–Kier alpha value is -4.83. The first-order valence-corrected chi connectivity index (χ1v) is 12.6. The molecule has 0 bridgehead atoms. The first-order chi connectivity index (χ1) is 18.4. The molecule has 0 aliphatic heterocycles. The number of fused-ring (bicyclic) bond motifs is 2. The van der Waals surface area contributed by atoms with Gasteiger partial charge in [-0.1, -0.05) is 36.4 Å². The lowest BCUT2D eigenvalue weighted by molar-refractivity contribution is -0.250. The number of methoxy groups -OCH3 is 1. The number of anilines is 2. The fourth-order valence-electron chi connectivity index (χ4n) is 4.40. The average Bonchev–Trinajstić information content (AvgIpc) is 3.51. The number of thiophene rings is 1. The number of nitrogens with two attached hydrogens (primary N) is 1. The number of amides is 2. The maximum Gasteiger partial charge on any atom is 0.272 e. The van der Waals surface area contributed by atoms with Crippen molar-refractivity contribution in [2.45, 2.75) is 0 Å². The van der Waals surface area contributed by atoms with Crippen LogP contribution in [-0.4, -0.2) is 35.2 Å². The van der Waals surface area contributed by atoms with E-state index in [0.29, 0.717) is 22.9 Å².